The van der Waals surface area contributed by atoms with Gasteiger partial charge in [0, 0.05) is 0 Å². The van der Waals surface area contributed by atoms with E-state index in [1.165, 1.54) is 37.7 Å². The van der Waals surface area contributed by atoms with Crippen molar-refractivity contribution in [2.45, 2.75) is 136 Å². The SMILES string of the molecule is CC[C@@](C)(CC[C@@H](C)[C@H]1CC[C@H]2[C@@H]3CC=C4C[C@@](C)(O)CC[C@]4(C)[C@H]3CC[C@]12C)OC(=O)CCC(=O)O. The van der Waals surface area contributed by atoms with Crippen molar-refractivity contribution >= 4 is 11.9 Å². The van der Waals surface area contributed by atoms with Gasteiger partial charge in [-0.25, -0.2) is 0 Å². The van der Waals surface area contributed by atoms with E-state index in [9.17, 15) is 14.7 Å². The zero-order valence-electron chi connectivity index (χ0n) is 24.3. The van der Waals surface area contributed by atoms with Gasteiger partial charge in [-0.05, 0) is 125 Å². The van der Waals surface area contributed by atoms with Crippen LogP contribution in [-0.2, 0) is 14.3 Å². The quantitative estimate of drug-likeness (QED) is 0.248. The number of fused-ring (bicyclic) bond motifs is 5. The van der Waals surface area contributed by atoms with E-state index in [1.807, 2.05) is 13.8 Å². The summed E-state index contributed by atoms with van der Waals surface area (Å²) in [4.78, 5) is 23.1. The molecule has 0 saturated heterocycles. The second-order valence-corrected chi connectivity index (χ2v) is 14.3. The van der Waals surface area contributed by atoms with E-state index in [4.69, 9.17) is 9.84 Å². The Morgan fingerprint density at radius 3 is 2.51 bits per heavy atom. The molecule has 4 aliphatic rings. The molecule has 210 valence electrons. The Balaban J connectivity index is 1.40. The second kappa shape index (κ2) is 10.3. The predicted molar refractivity (Wildman–Crippen MR) is 146 cm³/mol. The molecule has 3 saturated carbocycles. The fraction of sp³-hybridized carbons (Fsp3) is 0.875. The molecule has 0 spiro atoms. The van der Waals surface area contributed by atoms with Gasteiger partial charge in [0.1, 0.15) is 5.60 Å². The number of hydrogen-bond donors (Lipinski definition) is 2. The first-order valence-corrected chi connectivity index (χ1v) is 15.1. The molecule has 4 aliphatic carbocycles. The first kappa shape index (κ1) is 28.6. The summed E-state index contributed by atoms with van der Waals surface area (Å²) in [6, 6.07) is 0. The third kappa shape index (κ3) is 5.54. The Hall–Kier alpha value is -1.36. The standard InChI is InChI=1S/C32H52O5/c1-7-30(4,37-28(35)13-12-27(33)34)16-14-21(2)24-10-11-25-23-9-8-22-20-29(3,36)18-19-31(22,5)26(23)15-17-32(24,25)6/h8,21,23-26,36H,7,9-20H2,1-6H3,(H,33,34)/t21-,23+,24-,25+,26+,29+,30+,31+,32-/m1/s1. The highest BCUT2D eigenvalue weighted by atomic mass is 16.6. The lowest BCUT2D eigenvalue weighted by molar-refractivity contribution is -0.161. The molecule has 0 unspecified atom stereocenters. The lowest BCUT2D eigenvalue weighted by Crippen LogP contribution is -2.52. The largest absolute Gasteiger partial charge is 0.481 e. The number of aliphatic hydroxyl groups is 1. The number of esters is 1. The van der Waals surface area contributed by atoms with Gasteiger partial charge in [-0.15, -0.1) is 0 Å². The average Bonchev–Trinajstić information content (AvgIpc) is 3.19. The van der Waals surface area contributed by atoms with Crippen LogP contribution < -0.4 is 0 Å². The van der Waals surface area contributed by atoms with E-state index in [2.05, 4.69) is 33.8 Å². The predicted octanol–water partition coefficient (Wildman–Crippen LogP) is 7.31. The summed E-state index contributed by atoms with van der Waals surface area (Å²) >= 11 is 0. The summed E-state index contributed by atoms with van der Waals surface area (Å²) in [6.45, 7) is 13.6. The molecule has 5 heteroatoms. The van der Waals surface area contributed by atoms with Crippen LogP contribution in [0.5, 0.6) is 0 Å². The molecular weight excluding hydrogens is 464 g/mol. The van der Waals surface area contributed by atoms with Crippen molar-refractivity contribution < 1.29 is 24.5 Å². The number of carbonyl (C=O) groups is 2. The van der Waals surface area contributed by atoms with Gasteiger partial charge in [-0.2, -0.15) is 0 Å². The maximum absolute atomic E-state index is 12.3. The fourth-order valence-electron chi connectivity index (χ4n) is 9.35. The number of allylic oxidation sites excluding steroid dienone is 1. The summed E-state index contributed by atoms with van der Waals surface area (Å²) in [5.74, 6) is 2.22. The Bertz CT molecular complexity index is 907. The topological polar surface area (TPSA) is 83.8 Å². The highest BCUT2D eigenvalue weighted by Gasteiger charge is 2.59. The van der Waals surface area contributed by atoms with Crippen molar-refractivity contribution in [2.75, 3.05) is 0 Å². The Kier molecular flexibility index (Phi) is 7.99. The Morgan fingerprint density at radius 1 is 1.11 bits per heavy atom. The normalized spacial score (nSPS) is 41.4. The zero-order chi connectivity index (χ0) is 27.2. The molecule has 9 atom stereocenters. The van der Waals surface area contributed by atoms with Crippen LogP contribution in [0.3, 0.4) is 0 Å². The summed E-state index contributed by atoms with van der Waals surface area (Å²) in [5, 5.41) is 19.6. The molecule has 0 heterocycles. The molecule has 2 N–H and O–H groups in total. The average molecular weight is 517 g/mol. The summed E-state index contributed by atoms with van der Waals surface area (Å²) in [5.41, 5.74) is 1.12. The molecule has 0 bridgehead atoms. The van der Waals surface area contributed by atoms with Crippen molar-refractivity contribution in [1.29, 1.82) is 0 Å². The molecule has 0 radical (unpaired) electrons. The number of carboxylic acids is 1. The first-order chi connectivity index (χ1) is 17.2. The number of carboxylic acid groups (broad SMARTS) is 1. The van der Waals surface area contributed by atoms with Gasteiger partial charge in [0.2, 0.25) is 0 Å². The van der Waals surface area contributed by atoms with Gasteiger partial charge in [0.05, 0.1) is 18.4 Å². The van der Waals surface area contributed by atoms with Crippen LogP contribution in [-0.4, -0.2) is 33.4 Å². The summed E-state index contributed by atoms with van der Waals surface area (Å²) in [6.07, 6.45) is 14.2. The van der Waals surface area contributed by atoms with Crippen molar-refractivity contribution in [1.82, 2.24) is 0 Å². The molecule has 0 amide bonds. The fourth-order valence-corrected chi connectivity index (χ4v) is 9.35. The van der Waals surface area contributed by atoms with E-state index < -0.39 is 23.1 Å². The van der Waals surface area contributed by atoms with Gasteiger partial charge < -0.3 is 14.9 Å². The highest BCUT2D eigenvalue weighted by Crippen LogP contribution is 2.67. The molecule has 3 fully saturated rings. The Morgan fingerprint density at radius 2 is 1.84 bits per heavy atom. The van der Waals surface area contributed by atoms with Crippen molar-refractivity contribution in [2.24, 2.45) is 40.4 Å². The molecular formula is C32H52O5. The van der Waals surface area contributed by atoms with E-state index in [-0.39, 0.29) is 18.3 Å². The van der Waals surface area contributed by atoms with Crippen molar-refractivity contribution in [3.8, 4) is 0 Å². The molecule has 0 aromatic rings. The van der Waals surface area contributed by atoms with E-state index in [0.717, 1.165) is 56.3 Å². The lowest BCUT2D eigenvalue weighted by atomic mass is 9.46. The minimum absolute atomic E-state index is 0.0575. The van der Waals surface area contributed by atoms with Crippen LogP contribution in [0.2, 0.25) is 0 Å². The number of ether oxygens (including phenoxy) is 1. The maximum Gasteiger partial charge on any atom is 0.306 e. The number of hydrogen-bond acceptors (Lipinski definition) is 4. The molecule has 0 aromatic heterocycles. The van der Waals surface area contributed by atoms with Gasteiger partial charge in [-0.1, -0.05) is 39.3 Å². The maximum atomic E-state index is 12.3. The number of rotatable bonds is 9. The first-order valence-electron chi connectivity index (χ1n) is 15.1. The van der Waals surface area contributed by atoms with Crippen LogP contribution >= 0.6 is 0 Å². The smallest absolute Gasteiger partial charge is 0.306 e. The number of aliphatic carboxylic acids is 1. The second-order valence-electron chi connectivity index (χ2n) is 14.3. The van der Waals surface area contributed by atoms with Crippen LogP contribution in [0.4, 0.5) is 0 Å². The molecule has 4 rings (SSSR count). The van der Waals surface area contributed by atoms with Crippen molar-refractivity contribution in [3.05, 3.63) is 11.6 Å². The van der Waals surface area contributed by atoms with Crippen LogP contribution in [0.15, 0.2) is 11.6 Å². The molecule has 0 aliphatic heterocycles. The van der Waals surface area contributed by atoms with Gasteiger partial charge >= 0.3 is 11.9 Å². The van der Waals surface area contributed by atoms with Crippen molar-refractivity contribution in [3.63, 3.8) is 0 Å². The van der Waals surface area contributed by atoms with Gasteiger partial charge in [-0.3, -0.25) is 9.59 Å². The lowest BCUT2D eigenvalue weighted by Gasteiger charge is -2.59. The monoisotopic (exact) mass is 516 g/mol. The van der Waals surface area contributed by atoms with E-state index in [1.54, 1.807) is 0 Å². The highest BCUT2D eigenvalue weighted by molar-refractivity contribution is 5.76. The minimum atomic E-state index is -0.962. The van der Waals surface area contributed by atoms with E-state index >= 15 is 0 Å². The van der Waals surface area contributed by atoms with Gasteiger partial charge in [0.25, 0.3) is 0 Å². The number of carbonyl (C=O) groups excluding carboxylic acids is 1. The van der Waals surface area contributed by atoms with Crippen LogP contribution in [0.1, 0.15) is 125 Å². The third-order valence-corrected chi connectivity index (χ3v) is 11.9. The summed E-state index contributed by atoms with van der Waals surface area (Å²) < 4.78 is 5.80. The Labute approximate surface area is 224 Å². The minimum Gasteiger partial charge on any atom is -0.481 e. The molecule has 5 nitrogen and oxygen atoms in total. The zero-order valence-corrected chi connectivity index (χ0v) is 24.3. The summed E-state index contributed by atoms with van der Waals surface area (Å²) in [7, 11) is 0. The van der Waals surface area contributed by atoms with Crippen LogP contribution in [0, 0.1) is 40.4 Å². The van der Waals surface area contributed by atoms with E-state index in [0.29, 0.717) is 17.3 Å². The van der Waals surface area contributed by atoms with Gasteiger partial charge in [0.15, 0.2) is 0 Å². The molecule has 37 heavy (non-hydrogen) atoms. The third-order valence-electron chi connectivity index (χ3n) is 11.9. The van der Waals surface area contributed by atoms with Crippen LogP contribution in [0.25, 0.3) is 0 Å². The molecule has 0 aromatic carbocycles.